The second-order valence-electron chi connectivity index (χ2n) is 5.62. The number of aromatic amines is 1. The minimum absolute atomic E-state index is 0.258. The van der Waals surface area contributed by atoms with Crippen molar-refractivity contribution in [2.45, 2.75) is 6.42 Å². The summed E-state index contributed by atoms with van der Waals surface area (Å²) >= 11 is 0. The van der Waals surface area contributed by atoms with Gasteiger partial charge in [-0.15, -0.1) is 0 Å². The normalized spacial score (nSPS) is 10.9. The summed E-state index contributed by atoms with van der Waals surface area (Å²) in [5.41, 5.74) is 3.11. The molecule has 4 rings (SSSR count). The van der Waals surface area contributed by atoms with Crippen LogP contribution in [0.15, 0.2) is 59.5 Å². The van der Waals surface area contributed by atoms with Gasteiger partial charge in [0, 0.05) is 36.0 Å². The number of carbonyl (C=O) groups is 1. The molecule has 0 saturated carbocycles. The average Bonchev–Trinajstić information content (AvgIpc) is 3.31. The second kappa shape index (κ2) is 6.56. The Morgan fingerprint density at radius 1 is 1.20 bits per heavy atom. The number of amides is 1. The minimum Gasteiger partial charge on any atom is -0.355 e. The lowest BCUT2D eigenvalue weighted by atomic mass is 10.1. The van der Waals surface area contributed by atoms with Crippen molar-refractivity contribution < 1.29 is 9.32 Å². The molecule has 3 aromatic heterocycles. The lowest BCUT2D eigenvalue weighted by Gasteiger charge is -2.02. The number of nitrogens with one attached hydrogen (secondary N) is 2. The number of hydrogen-bond donors (Lipinski definition) is 2. The maximum atomic E-state index is 12.2. The summed E-state index contributed by atoms with van der Waals surface area (Å²) in [4.78, 5) is 16.2. The molecule has 0 radical (unpaired) electrons. The van der Waals surface area contributed by atoms with Crippen LogP contribution in [0.5, 0.6) is 0 Å². The highest BCUT2D eigenvalue weighted by atomic mass is 16.5. The third-order valence-corrected chi connectivity index (χ3v) is 3.89. The van der Waals surface area contributed by atoms with Crippen LogP contribution in [-0.2, 0) is 6.42 Å². The van der Waals surface area contributed by atoms with Crippen LogP contribution in [0.25, 0.3) is 22.2 Å². The van der Waals surface area contributed by atoms with Crippen LogP contribution in [-0.4, -0.2) is 32.8 Å². The summed E-state index contributed by atoms with van der Waals surface area (Å²) in [7, 11) is 0. The summed E-state index contributed by atoms with van der Waals surface area (Å²) in [5, 5.41) is 14.5. The van der Waals surface area contributed by atoms with Crippen LogP contribution in [0, 0.1) is 0 Å². The number of carbonyl (C=O) groups excluding carboxylic acids is 1. The molecule has 7 heteroatoms. The van der Waals surface area contributed by atoms with E-state index in [-0.39, 0.29) is 11.6 Å². The van der Waals surface area contributed by atoms with Gasteiger partial charge in [-0.05, 0) is 36.2 Å². The largest absolute Gasteiger partial charge is 0.355 e. The van der Waals surface area contributed by atoms with E-state index >= 15 is 0 Å². The molecule has 1 aromatic carbocycles. The molecule has 0 fully saturated rings. The van der Waals surface area contributed by atoms with Gasteiger partial charge in [0.2, 0.25) is 0 Å². The van der Waals surface area contributed by atoms with E-state index < -0.39 is 0 Å². The maximum absolute atomic E-state index is 12.2. The molecule has 4 aromatic rings. The zero-order valence-electron chi connectivity index (χ0n) is 13.3. The third-order valence-electron chi connectivity index (χ3n) is 3.89. The second-order valence-corrected chi connectivity index (χ2v) is 5.62. The van der Waals surface area contributed by atoms with E-state index in [0.717, 1.165) is 22.0 Å². The van der Waals surface area contributed by atoms with Gasteiger partial charge in [-0.1, -0.05) is 11.2 Å². The van der Waals surface area contributed by atoms with Crippen molar-refractivity contribution in [3.63, 3.8) is 0 Å². The van der Waals surface area contributed by atoms with Crippen molar-refractivity contribution in [1.29, 1.82) is 0 Å². The standard InChI is InChI=1S/C18H15N5O2/c24-18(20-7-5-12-2-1-6-19-10-12)16-9-17(25-23-16)13-3-4-15-14(8-13)11-21-22-15/h1-4,6,8-11H,5,7H2,(H,20,24)(H,21,22). The monoisotopic (exact) mass is 333 g/mol. The Bertz CT molecular complexity index is 1010. The summed E-state index contributed by atoms with van der Waals surface area (Å²) in [6, 6.07) is 11.2. The Labute approximate surface area is 143 Å². The number of benzene rings is 1. The first-order valence-electron chi connectivity index (χ1n) is 7.87. The average molecular weight is 333 g/mol. The Kier molecular flexibility index (Phi) is 3.96. The van der Waals surface area contributed by atoms with Gasteiger partial charge in [0.25, 0.3) is 5.91 Å². The van der Waals surface area contributed by atoms with Crippen LogP contribution in [0.2, 0.25) is 0 Å². The fourth-order valence-corrected chi connectivity index (χ4v) is 2.57. The molecule has 7 nitrogen and oxygen atoms in total. The first kappa shape index (κ1) is 15.1. The third kappa shape index (κ3) is 3.25. The highest BCUT2D eigenvalue weighted by Crippen LogP contribution is 2.24. The van der Waals surface area contributed by atoms with E-state index in [4.69, 9.17) is 4.52 Å². The summed E-state index contributed by atoms with van der Waals surface area (Å²) in [5.74, 6) is 0.281. The van der Waals surface area contributed by atoms with Crippen molar-refractivity contribution in [3.8, 4) is 11.3 Å². The first-order chi connectivity index (χ1) is 12.3. The van der Waals surface area contributed by atoms with E-state index in [1.54, 1.807) is 24.7 Å². The first-order valence-corrected chi connectivity index (χ1v) is 7.87. The zero-order valence-corrected chi connectivity index (χ0v) is 13.3. The van der Waals surface area contributed by atoms with E-state index in [9.17, 15) is 4.79 Å². The number of hydrogen-bond acceptors (Lipinski definition) is 5. The van der Waals surface area contributed by atoms with E-state index in [1.165, 1.54) is 0 Å². The molecule has 124 valence electrons. The number of H-pyrrole nitrogens is 1. The predicted molar refractivity (Wildman–Crippen MR) is 91.9 cm³/mol. The number of aromatic nitrogens is 4. The molecule has 0 spiro atoms. The van der Waals surface area contributed by atoms with Crippen LogP contribution >= 0.6 is 0 Å². The van der Waals surface area contributed by atoms with Gasteiger partial charge in [-0.3, -0.25) is 14.9 Å². The Morgan fingerprint density at radius 2 is 2.16 bits per heavy atom. The van der Waals surface area contributed by atoms with Gasteiger partial charge in [0.15, 0.2) is 11.5 Å². The van der Waals surface area contributed by atoms with Crippen LogP contribution in [0.1, 0.15) is 16.1 Å². The molecule has 0 aliphatic rings. The molecule has 0 aliphatic carbocycles. The van der Waals surface area contributed by atoms with Crippen molar-refractivity contribution in [1.82, 2.24) is 25.7 Å². The Morgan fingerprint density at radius 3 is 3.04 bits per heavy atom. The molecular weight excluding hydrogens is 318 g/mol. The van der Waals surface area contributed by atoms with Gasteiger partial charge in [-0.2, -0.15) is 5.10 Å². The molecule has 1 amide bonds. The van der Waals surface area contributed by atoms with Gasteiger partial charge in [0.1, 0.15) is 0 Å². The molecule has 0 saturated heterocycles. The van der Waals surface area contributed by atoms with Crippen molar-refractivity contribution in [2.75, 3.05) is 6.54 Å². The lowest BCUT2D eigenvalue weighted by molar-refractivity contribution is 0.0945. The molecule has 25 heavy (non-hydrogen) atoms. The van der Waals surface area contributed by atoms with E-state index in [2.05, 4.69) is 25.7 Å². The lowest BCUT2D eigenvalue weighted by Crippen LogP contribution is -2.25. The summed E-state index contributed by atoms with van der Waals surface area (Å²) in [6.45, 7) is 0.508. The molecule has 0 unspecified atom stereocenters. The van der Waals surface area contributed by atoms with Crippen LogP contribution < -0.4 is 5.32 Å². The quantitative estimate of drug-likeness (QED) is 0.585. The number of nitrogens with zero attached hydrogens (tertiary/aromatic N) is 3. The van der Waals surface area contributed by atoms with Gasteiger partial charge in [-0.25, -0.2) is 0 Å². The fourth-order valence-electron chi connectivity index (χ4n) is 2.57. The molecule has 3 heterocycles. The van der Waals surface area contributed by atoms with E-state index in [0.29, 0.717) is 18.7 Å². The highest BCUT2D eigenvalue weighted by molar-refractivity contribution is 5.93. The fraction of sp³-hybridized carbons (Fsp3) is 0.111. The molecule has 2 N–H and O–H groups in total. The number of fused-ring (bicyclic) bond motifs is 1. The predicted octanol–water partition coefficient (Wildman–Crippen LogP) is 2.59. The van der Waals surface area contributed by atoms with Gasteiger partial charge < -0.3 is 9.84 Å². The summed E-state index contributed by atoms with van der Waals surface area (Å²) in [6.07, 6.45) is 5.95. The zero-order chi connectivity index (χ0) is 17.1. The van der Waals surface area contributed by atoms with Gasteiger partial charge >= 0.3 is 0 Å². The molecule has 0 bridgehead atoms. The molecule has 0 aliphatic heterocycles. The van der Waals surface area contributed by atoms with Crippen molar-refractivity contribution in [2.24, 2.45) is 0 Å². The Balaban J connectivity index is 1.42. The van der Waals surface area contributed by atoms with Gasteiger partial charge in [0.05, 0.1) is 11.7 Å². The number of pyridine rings is 1. The Hall–Kier alpha value is -3.48. The molecular formula is C18H15N5O2. The van der Waals surface area contributed by atoms with Crippen LogP contribution in [0.4, 0.5) is 0 Å². The van der Waals surface area contributed by atoms with Crippen LogP contribution in [0.3, 0.4) is 0 Å². The van der Waals surface area contributed by atoms with Crippen molar-refractivity contribution >= 4 is 16.8 Å². The van der Waals surface area contributed by atoms with E-state index in [1.807, 2.05) is 30.3 Å². The topological polar surface area (TPSA) is 96.7 Å². The highest BCUT2D eigenvalue weighted by Gasteiger charge is 2.14. The molecule has 0 atom stereocenters. The minimum atomic E-state index is -0.261. The maximum Gasteiger partial charge on any atom is 0.273 e. The van der Waals surface area contributed by atoms with Crippen molar-refractivity contribution in [3.05, 3.63) is 66.2 Å². The number of rotatable bonds is 5. The smallest absolute Gasteiger partial charge is 0.273 e. The SMILES string of the molecule is O=C(NCCc1cccnc1)c1cc(-c2ccc3[nH]ncc3c2)on1. The summed E-state index contributed by atoms with van der Waals surface area (Å²) < 4.78 is 5.31.